The fourth-order valence-electron chi connectivity index (χ4n) is 1.73. The van der Waals surface area contributed by atoms with Crippen LogP contribution in [0.2, 0.25) is 5.02 Å². The van der Waals surface area contributed by atoms with E-state index in [4.69, 9.17) is 16.3 Å². The Labute approximate surface area is 88.5 Å². The van der Waals surface area contributed by atoms with Crippen LogP contribution in [0, 0.1) is 13.8 Å². The van der Waals surface area contributed by atoms with Gasteiger partial charge in [0.05, 0.1) is 13.2 Å². The molecule has 1 fully saturated rings. The maximum Gasteiger partial charge on any atom is 0.136 e. The predicted molar refractivity (Wildman–Crippen MR) is 55.6 cm³/mol. The summed E-state index contributed by atoms with van der Waals surface area (Å²) < 4.78 is 5.03. The first-order chi connectivity index (χ1) is 6.53. The standard InChI is InChI=1S/C11H13ClO2/c1-7-4-10(12)8(2)3-9(7)11(13)5-14-6-11/h3-4,13H,5-6H2,1-2H3. The van der Waals surface area contributed by atoms with Crippen molar-refractivity contribution in [1.29, 1.82) is 0 Å². The number of halogens is 1. The first-order valence-electron chi connectivity index (χ1n) is 4.60. The average molecular weight is 213 g/mol. The summed E-state index contributed by atoms with van der Waals surface area (Å²) in [5, 5.41) is 10.9. The Kier molecular flexibility index (Phi) is 2.30. The minimum atomic E-state index is -0.792. The lowest BCUT2D eigenvalue weighted by Crippen LogP contribution is -2.47. The molecule has 0 spiro atoms. The zero-order valence-corrected chi connectivity index (χ0v) is 9.06. The molecule has 76 valence electrons. The summed E-state index contributed by atoms with van der Waals surface area (Å²) in [5.41, 5.74) is 2.16. The summed E-state index contributed by atoms with van der Waals surface area (Å²) in [7, 11) is 0. The topological polar surface area (TPSA) is 29.5 Å². The molecule has 14 heavy (non-hydrogen) atoms. The van der Waals surface area contributed by atoms with Gasteiger partial charge in [0.2, 0.25) is 0 Å². The maximum absolute atomic E-state index is 10.1. The van der Waals surface area contributed by atoms with E-state index in [0.29, 0.717) is 13.2 Å². The summed E-state index contributed by atoms with van der Waals surface area (Å²) in [6.45, 7) is 4.66. The summed E-state index contributed by atoms with van der Waals surface area (Å²) in [6, 6.07) is 3.84. The van der Waals surface area contributed by atoms with Gasteiger partial charge in [-0.1, -0.05) is 17.7 Å². The molecule has 0 atom stereocenters. The van der Waals surface area contributed by atoms with Crippen molar-refractivity contribution in [3.8, 4) is 0 Å². The highest BCUT2D eigenvalue weighted by Gasteiger charge is 2.39. The predicted octanol–water partition coefficient (Wildman–Crippen LogP) is 2.17. The monoisotopic (exact) mass is 212 g/mol. The summed E-state index contributed by atoms with van der Waals surface area (Å²) in [5.74, 6) is 0. The van der Waals surface area contributed by atoms with Gasteiger partial charge in [-0.3, -0.25) is 0 Å². The third kappa shape index (κ3) is 1.44. The molecule has 0 aliphatic carbocycles. The summed E-state index contributed by atoms with van der Waals surface area (Å²) >= 11 is 5.98. The van der Waals surface area contributed by atoms with Crippen LogP contribution in [0.1, 0.15) is 16.7 Å². The first kappa shape index (κ1) is 9.97. The van der Waals surface area contributed by atoms with E-state index >= 15 is 0 Å². The van der Waals surface area contributed by atoms with Gasteiger partial charge in [-0.25, -0.2) is 0 Å². The van der Waals surface area contributed by atoms with Crippen LogP contribution in [0.15, 0.2) is 12.1 Å². The second kappa shape index (κ2) is 3.23. The van der Waals surface area contributed by atoms with Crippen LogP contribution < -0.4 is 0 Å². The van der Waals surface area contributed by atoms with Gasteiger partial charge in [0.25, 0.3) is 0 Å². The Morgan fingerprint density at radius 3 is 2.43 bits per heavy atom. The van der Waals surface area contributed by atoms with Gasteiger partial charge in [0, 0.05) is 5.02 Å². The molecule has 1 heterocycles. The van der Waals surface area contributed by atoms with E-state index < -0.39 is 5.60 Å². The molecular formula is C11H13ClO2. The zero-order valence-electron chi connectivity index (χ0n) is 8.30. The average Bonchev–Trinajstić information content (AvgIpc) is 2.07. The molecule has 0 radical (unpaired) electrons. The number of aliphatic hydroxyl groups is 1. The highest BCUT2D eigenvalue weighted by atomic mass is 35.5. The SMILES string of the molecule is Cc1cc(C2(O)COC2)c(C)cc1Cl. The van der Waals surface area contributed by atoms with Crippen molar-refractivity contribution < 1.29 is 9.84 Å². The lowest BCUT2D eigenvalue weighted by Gasteiger charge is -2.38. The lowest BCUT2D eigenvalue weighted by molar-refractivity contribution is -0.184. The minimum Gasteiger partial charge on any atom is -0.380 e. The Hall–Kier alpha value is -0.570. The van der Waals surface area contributed by atoms with E-state index in [2.05, 4.69) is 0 Å². The summed E-state index contributed by atoms with van der Waals surface area (Å²) in [4.78, 5) is 0. The number of aryl methyl sites for hydroxylation is 2. The van der Waals surface area contributed by atoms with E-state index in [-0.39, 0.29) is 0 Å². The quantitative estimate of drug-likeness (QED) is 0.773. The van der Waals surface area contributed by atoms with Crippen molar-refractivity contribution in [3.63, 3.8) is 0 Å². The molecule has 3 heteroatoms. The summed E-state index contributed by atoms with van der Waals surface area (Å²) in [6.07, 6.45) is 0. The third-order valence-corrected chi connectivity index (χ3v) is 3.10. The van der Waals surface area contributed by atoms with Crippen molar-refractivity contribution in [1.82, 2.24) is 0 Å². The minimum absolute atomic E-state index is 0.384. The smallest absolute Gasteiger partial charge is 0.136 e. The molecule has 1 aliphatic heterocycles. The highest BCUT2D eigenvalue weighted by Crippen LogP contribution is 2.34. The molecule has 2 rings (SSSR count). The highest BCUT2D eigenvalue weighted by molar-refractivity contribution is 6.31. The van der Waals surface area contributed by atoms with Crippen LogP contribution in [0.5, 0.6) is 0 Å². The number of rotatable bonds is 1. The van der Waals surface area contributed by atoms with Crippen molar-refractivity contribution in [2.45, 2.75) is 19.4 Å². The van der Waals surface area contributed by atoms with E-state index in [9.17, 15) is 5.11 Å². The molecule has 1 aromatic carbocycles. The van der Waals surface area contributed by atoms with Crippen LogP contribution in [-0.4, -0.2) is 18.3 Å². The Morgan fingerprint density at radius 1 is 1.29 bits per heavy atom. The second-order valence-corrected chi connectivity index (χ2v) is 4.35. The van der Waals surface area contributed by atoms with E-state index in [1.54, 1.807) is 0 Å². The molecular weight excluding hydrogens is 200 g/mol. The van der Waals surface area contributed by atoms with Crippen molar-refractivity contribution >= 4 is 11.6 Å². The van der Waals surface area contributed by atoms with Crippen molar-refractivity contribution in [3.05, 3.63) is 33.8 Å². The zero-order chi connectivity index (χ0) is 10.3. The Bertz CT molecular complexity index is 370. The molecule has 0 unspecified atom stereocenters. The molecule has 0 amide bonds. The molecule has 1 saturated heterocycles. The Balaban J connectivity index is 2.48. The van der Waals surface area contributed by atoms with Crippen molar-refractivity contribution in [2.24, 2.45) is 0 Å². The van der Waals surface area contributed by atoms with E-state index in [0.717, 1.165) is 21.7 Å². The van der Waals surface area contributed by atoms with Crippen LogP contribution in [0.3, 0.4) is 0 Å². The number of ether oxygens (including phenoxy) is 1. The van der Waals surface area contributed by atoms with Crippen molar-refractivity contribution in [2.75, 3.05) is 13.2 Å². The van der Waals surface area contributed by atoms with E-state index in [1.807, 2.05) is 26.0 Å². The molecule has 1 aliphatic rings. The Morgan fingerprint density at radius 2 is 1.93 bits per heavy atom. The van der Waals surface area contributed by atoms with Gasteiger partial charge < -0.3 is 9.84 Å². The fraction of sp³-hybridized carbons (Fsp3) is 0.455. The van der Waals surface area contributed by atoms with Gasteiger partial charge in [-0.2, -0.15) is 0 Å². The fourth-order valence-corrected chi connectivity index (χ4v) is 1.95. The number of benzene rings is 1. The van der Waals surface area contributed by atoms with Crippen LogP contribution >= 0.6 is 11.6 Å². The molecule has 0 saturated carbocycles. The van der Waals surface area contributed by atoms with E-state index in [1.165, 1.54) is 0 Å². The largest absolute Gasteiger partial charge is 0.380 e. The van der Waals surface area contributed by atoms with Gasteiger partial charge in [-0.05, 0) is 36.6 Å². The third-order valence-electron chi connectivity index (χ3n) is 2.69. The van der Waals surface area contributed by atoms with Crippen LogP contribution in [0.4, 0.5) is 0 Å². The maximum atomic E-state index is 10.1. The molecule has 0 aromatic heterocycles. The molecule has 0 bridgehead atoms. The second-order valence-electron chi connectivity index (χ2n) is 3.94. The van der Waals surface area contributed by atoms with Gasteiger partial charge in [0.1, 0.15) is 5.60 Å². The van der Waals surface area contributed by atoms with Gasteiger partial charge >= 0.3 is 0 Å². The van der Waals surface area contributed by atoms with Gasteiger partial charge in [-0.15, -0.1) is 0 Å². The molecule has 2 nitrogen and oxygen atoms in total. The lowest BCUT2D eigenvalue weighted by atomic mass is 9.87. The first-order valence-corrected chi connectivity index (χ1v) is 4.98. The van der Waals surface area contributed by atoms with Crippen LogP contribution in [0.25, 0.3) is 0 Å². The number of hydrogen-bond donors (Lipinski definition) is 1. The number of hydrogen-bond acceptors (Lipinski definition) is 2. The van der Waals surface area contributed by atoms with Gasteiger partial charge in [0.15, 0.2) is 0 Å². The van der Waals surface area contributed by atoms with Crippen LogP contribution in [-0.2, 0) is 10.3 Å². The normalized spacial score (nSPS) is 19.1. The molecule has 1 N–H and O–H groups in total. The molecule has 1 aromatic rings.